The first-order chi connectivity index (χ1) is 9.16. The van der Waals surface area contributed by atoms with Crippen LogP contribution in [0.15, 0.2) is 30.3 Å². The van der Waals surface area contributed by atoms with E-state index in [1.807, 2.05) is 6.07 Å². The lowest BCUT2D eigenvalue weighted by Crippen LogP contribution is -2.24. The minimum Gasteiger partial charge on any atom is -0.346 e. The summed E-state index contributed by atoms with van der Waals surface area (Å²) in [5.41, 5.74) is 3.41. The fourth-order valence-corrected chi connectivity index (χ4v) is 2.16. The van der Waals surface area contributed by atoms with Crippen molar-refractivity contribution in [3.05, 3.63) is 41.9 Å². The first-order valence-electron chi connectivity index (χ1n) is 7.01. The quantitative estimate of drug-likeness (QED) is 0.779. The highest BCUT2D eigenvalue weighted by atomic mass is 14.9. The van der Waals surface area contributed by atoms with E-state index in [2.05, 4.69) is 55.3 Å². The molecule has 0 aliphatic rings. The number of rotatable bonds is 6. The van der Waals surface area contributed by atoms with Gasteiger partial charge in [-0.2, -0.15) is 0 Å². The molecule has 2 aromatic rings. The number of hydrogen-bond donors (Lipinski definition) is 2. The zero-order valence-corrected chi connectivity index (χ0v) is 12.0. The third kappa shape index (κ3) is 3.93. The number of hydrogen-bond acceptors (Lipinski definition) is 2. The second kappa shape index (κ2) is 6.53. The Morgan fingerprint density at radius 2 is 1.95 bits per heavy atom. The van der Waals surface area contributed by atoms with Gasteiger partial charge < -0.3 is 10.3 Å². The maximum absolute atomic E-state index is 4.71. The number of H-pyrrole nitrogens is 1. The van der Waals surface area contributed by atoms with Gasteiger partial charge in [-0.05, 0) is 19.9 Å². The van der Waals surface area contributed by atoms with Gasteiger partial charge in [0.2, 0.25) is 0 Å². The van der Waals surface area contributed by atoms with Crippen LogP contribution in [0.3, 0.4) is 0 Å². The van der Waals surface area contributed by atoms with Crippen LogP contribution in [0.5, 0.6) is 0 Å². The molecule has 0 saturated heterocycles. The van der Waals surface area contributed by atoms with Crippen molar-refractivity contribution in [1.29, 1.82) is 0 Å². The van der Waals surface area contributed by atoms with E-state index < -0.39 is 0 Å². The highest BCUT2D eigenvalue weighted by Gasteiger charge is 2.08. The molecule has 2 N–H and O–H groups in total. The lowest BCUT2D eigenvalue weighted by atomic mass is 10.1. The van der Waals surface area contributed by atoms with Crippen molar-refractivity contribution in [3.8, 4) is 11.3 Å². The van der Waals surface area contributed by atoms with Crippen LogP contribution in [0.1, 0.15) is 31.8 Å². The van der Waals surface area contributed by atoms with Gasteiger partial charge in [-0.15, -0.1) is 0 Å². The van der Waals surface area contributed by atoms with Crippen LogP contribution in [0.2, 0.25) is 0 Å². The van der Waals surface area contributed by atoms with E-state index in [1.54, 1.807) is 0 Å². The zero-order chi connectivity index (χ0) is 13.7. The van der Waals surface area contributed by atoms with Crippen LogP contribution in [0, 0.1) is 6.92 Å². The number of aromatic amines is 1. The molecule has 0 bridgehead atoms. The third-order valence-electron chi connectivity index (χ3n) is 3.12. The van der Waals surface area contributed by atoms with Crippen LogP contribution in [0.25, 0.3) is 11.3 Å². The van der Waals surface area contributed by atoms with Crippen molar-refractivity contribution in [1.82, 2.24) is 15.3 Å². The van der Waals surface area contributed by atoms with E-state index in [-0.39, 0.29) is 0 Å². The summed E-state index contributed by atoms with van der Waals surface area (Å²) in [6, 6.07) is 10.9. The Morgan fingerprint density at radius 1 is 1.21 bits per heavy atom. The van der Waals surface area contributed by atoms with Gasteiger partial charge >= 0.3 is 0 Å². The average Bonchev–Trinajstić information content (AvgIpc) is 2.77. The predicted octanol–water partition coefficient (Wildman–Crippen LogP) is 3.32. The largest absolute Gasteiger partial charge is 0.346 e. The molecule has 0 aliphatic carbocycles. The van der Waals surface area contributed by atoms with E-state index in [4.69, 9.17) is 4.98 Å². The summed E-state index contributed by atoms with van der Waals surface area (Å²) in [7, 11) is 0. The lowest BCUT2D eigenvalue weighted by Gasteiger charge is -2.06. The Morgan fingerprint density at radius 3 is 2.63 bits per heavy atom. The minimum absolute atomic E-state index is 0.554. The molecule has 102 valence electrons. The summed E-state index contributed by atoms with van der Waals surface area (Å²) < 4.78 is 0. The van der Waals surface area contributed by atoms with Gasteiger partial charge in [-0.1, -0.05) is 44.2 Å². The molecular formula is C16H23N3. The molecule has 0 atom stereocenters. The van der Waals surface area contributed by atoms with Gasteiger partial charge in [-0.3, -0.25) is 0 Å². The standard InChI is InChI=1S/C16H23N3/c1-12(2)17-11-7-10-15-18-13(3)16(19-15)14-8-5-4-6-9-14/h4-6,8-9,12,17H,7,10-11H2,1-3H3,(H,18,19). The number of aryl methyl sites for hydroxylation is 2. The minimum atomic E-state index is 0.554. The first-order valence-corrected chi connectivity index (χ1v) is 7.01. The van der Waals surface area contributed by atoms with Crippen molar-refractivity contribution >= 4 is 0 Å². The Kier molecular flexibility index (Phi) is 4.74. The molecule has 0 fully saturated rings. The monoisotopic (exact) mass is 257 g/mol. The second-order valence-corrected chi connectivity index (χ2v) is 5.24. The number of nitrogens with zero attached hydrogens (tertiary/aromatic N) is 1. The topological polar surface area (TPSA) is 40.7 Å². The third-order valence-corrected chi connectivity index (χ3v) is 3.12. The fourth-order valence-electron chi connectivity index (χ4n) is 2.16. The summed E-state index contributed by atoms with van der Waals surface area (Å²) in [5, 5.41) is 3.43. The number of benzene rings is 1. The van der Waals surface area contributed by atoms with Gasteiger partial charge in [0.1, 0.15) is 5.82 Å². The molecule has 0 saturated carbocycles. The molecule has 0 radical (unpaired) electrons. The number of nitrogens with one attached hydrogen (secondary N) is 2. The predicted molar refractivity (Wildman–Crippen MR) is 80.2 cm³/mol. The lowest BCUT2D eigenvalue weighted by molar-refractivity contribution is 0.567. The summed E-state index contributed by atoms with van der Waals surface area (Å²) in [4.78, 5) is 8.11. The van der Waals surface area contributed by atoms with Crippen molar-refractivity contribution in [2.75, 3.05) is 6.54 Å². The highest BCUT2D eigenvalue weighted by Crippen LogP contribution is 2.20. The van der Waals surface area contributed by atoms with Crippen molar-refractivity contribution in [2.24, 2.45) is 0 Å². The summed E-state index contributed by atoms with van der Waals surface area (Å²) in [6.07, 6.45) is 2.10. The normalized spacial score (nSPS) is 11.2. The Balaban J connectivity index is 1.97. The van der Waals surface area contributed by atoms with Gasteiger partial charge in [0.05, 0.1) is 5.69 Å². The van der Waals surface area contributed by atoms with Crippen LogP contribution in [0.4, 0.5) is 0 Å². The maximum Gasteiger partial charge on any atom is 0.107 e. The molecule has 0 amide bonds. The smallest absolute Gasteiger partial charge is 0.107 e. The molecule has 0 aliphatic heterocycles. The molecule has 0 spiro atoms. The Bertz CT molecular complexity index is 500. The Hall–Kier alpha value is -1.61. The molecule has 3 heteroatoms. The number of imidazole rings is 1. The van der Waals surface area contributed by atoms with Crippen molar-refractivity contribution in [2.45, 2.75) is 39.7 Å². The van der Waals surface area contributed by atoms with Crippen LogP contribution in [-0.2, 0) is 6.42 Å². The molecule has 1 heterocycles. The van der Waals surface area contributed by atoms with Gasteiger partial charge in [-0.25, -0.2) is 4.98 Å². The molecule has 0 unspecified atom stereocenters. The van der Waals surface area contributed by atoms with E-state index in [9.17, 15) is 0 Å². The molecule has 1 aromatic heterocycles. The molecular weight excluding hydrogens is 234 g/mol. The molecule has 19 heavy (non-hydrogen) atoms. The van der Waals surface area contributed by atoms with Gasteiger partial charge in [0.15, 0.2) is 0 Å². The van der Waals surface area contributed by atoms with E-state index in [0.29, 0.717) is 6.04 Å². The first kappa shape index (κ1) is 13.8. The van der Waals surface area contributed by atoms with Crippen LogP contribution < -0.4 is 5.32 Å². The second-order valence-electron chi connectivity index (χ2n) is 5.24. The van der Waals surface area contributed by atoms with E-state index in [1.165, 1.54) is 5.56 Å². The average molecular weight is 257 g/mol. The zero-order valence-electron chi connectivity index (χ0n) is 12.0. The Labute approximate surface area is 115 Å². The molecule has 1 aromatic carbocycles. The van der Waals surface area contributed by atoms with Crippen LogP contribution >= 0.6 is 0 Å². The summed E-state index contributed by atoms with van der Waals surface area (Å²) in [6.45, 7) is 7.47. The molecule has 3 nitrogen and oxygen atoms in total. The SMILES string of the molecule is Cc1[nH]c(CCCNC(C)C)nc1-c1ccccc1. The van der Waals surface area contributed by atoms with Gasteiger partial charge in [0, 0.05) is 23.7 Å². The molecule has 2 rings (SSSR count). The number of aromatic nitrogens is 2. The van der Waals surface area contributed by atoms with Crippen molar-refractivity contribution < 1.29 is 0 Å². The van der Waals surface area contributed by atoms with E-state index in [0.717, 1.165) is 36.6 Å². The van der Waals surface area contributed by atoms with Crippen LogP contribution in [-0.4, -0.2) is 22.6 Å². The summed E-state index contributed by atoms with van der Waals surface area (Å²) in [5.74, 6) is 1.09. The van der Waals surface area contributed by atoms with E-state index >= 15 is 0 Å². The van der Waals surface area contributed by atoms with Gasteiger partial charge in [0.25, 0.3) is 0 Å². The maximum atomic E-state index is 4.71. The van der Waals surface area contributed by atoms with Crippen molar-refractivity contribution in [3.63, 3.8) is 0 Å². The summed E-state index contributed by atoms with van der Waals surface area (Å²) >= 11 is 0. The fraction of sp³-hybridized carbons (Fsp3) is 0.438. The highest BCUT2D eigenvalue weighted by molar-refractivity contribution is 5.61.